The molecule has 1 N–H and O–H groups in total. The Hall–Kier alpha value is -3.69. The number of nitrogens with one attached hydrogen (secondary N) is 1. The maximum atomic E-state index is 14.5. The van der Waals surface area contributed by atoms with Crippen LogP contribution < -0.4 is 5.69 Å². The standard InChI is InChI=1S/C30H35F3N6O/c1-20(2)12-17-26-27(30(31,32)33)39(19-21-8-4-3-5-9-21)29(40)38(26)18-22-13-15-23(16-14-22)24-10-6-7-11-25(24)28-34-36-37-35-28/h6-7,10-11,13-16,20-21H,3-5,8-9,12,17-19H2,1-2H3,(H,34,35,36,37). The van der Waals surface area contributed by atoms with Crippen LogP contribution in [0.3, 0.4) is 0 Å². The average molecular weight is 553 g/mol. The third-order valence-corrected chi connectivity index (χ3v) is 7.84. The lowest BCUT2D eigenvalue weighted by molar-refractivity contribution is -0.144. The first-order valence-corrected chi connectivity index (χ1v) is 14.0. The molecule has 0 amide bonds. The summed E-state index contributed by atoms with van der Waals surface area (Å²) in [6.45, 7) is 4.18. The third kappa shape index (κ3) is 6.05. The van der Waals surface area contributed by atoms with E-state index in [9.17, 15) is 18.0 Å². The van der Waals surface area contributed by atoms with Gasteiger partial charge >= 0.3 is 11.9 Å². The van der Waals surface area contributed by atoms with E-state index >= 15 is 0 Å². The van der Waals surface area contributed by atoms with Crippen LogP contribution in [0.2, 0.25) is 0 Å². The molecule has 0 bridgehead atoms. The minimum atomic E-state index is -4.60. The molecule has 2 aromatic carbocycles. The zero-order chi connectivity index (χ0) is 28.3. The summed E-state index contributed by atoms with van der Waals surface area (Å²) in [5.74, 6) is 0.782. The molecule has 0 unspecified atom stereocenters. The number of benzene rings is 2. The van der Waals surface area contributed by atoms with E-state index in [-0.39, 0.29) is 37.0 Å². The fourth-order valence-electron chi connectivity index (χ4n) is 5.77. The Morgan fingerprint density at radius 3 is 2.30 bits per heavy atom. The van der Waals surface area contributed by atoms with E-state index in [4.69, 9.17) is 0 Å². The Balaban J connectivity index is 1.50. The number of H-pyrrole nitrogens is 1. The van der Waals surface area contributed by atoms with E-state index in [0.29, 0.717) is 12.2 Å². The van der Waals surface area contributed by atoms with Crippen molar-refractivity contribution in [2.75, 3.05) is 0 Å². The predicted octanol–water partition coefficient (Wildman–Crippen LogP) is 6.73. The van der Waals surface area contributed by atoms with Crippen LogP contribution >= 0.6 is 0 Å². The summed E-state index contributed by atoms with van der Waals surface area (Å²) in [7, 11) is 0. The molecule has 212 valence electrons. The van der Waals surface area contributed by atoms with Crippen LogP contribution in [0.25, 0.3) is 22.5 Å². The molecule has 10 heteroatoms. The SMILES string of the molecule is CC(C)CCc1c(C(F)(F)F)n(CC2CCCCC2)c(=O)n1Cc1ccc(-c2ccccc2-c2nn[nH]n2)cc1. The van der Waals surface area contributed by atoms with Gasteiger partial charge in [-0.1, -0.05) is 81.6 Å². The van der Waals surface area contributed by atoms with Gasteiger partial charge < -0.3 is 0 Å². The van der Waals surface area contributed by atoms with Crippen LogP contribution in [0.5, 0.6) is 0 Å². The van der Waals surface area contributed by atoms with Gasteiger partial charge in [0.25, 0.3) is 0 Å². The van der Waals surface area contributed by atoms with Gasteiger partial charge in [0, 0.05) is 12.1 Å². The Labute approximate surface area is 231 Å². The lowest BCUT2D eigenvalue weighted by atomic mass is 9.89. The van der Waals surface area contributed by atoms with Crippen LogP contribution in [-0.2, 0) is 25.7 Å². The Morgan fingerprint density at radius 1 is 0.975 bits per heavy atom. The summed E-state index contributed by atoms with van der Waals surface area (Å²) in [5, 5.41) is 14.3. The van der Waals surface area contributed by atoms with Crippen molar-refractivity contribution in [3.8, 4) is 22.5 Å². The predicted molar refractivity (Wildman–Crippen MR) is 148 cm³/mol. The van der Waals surface area contributed by atoms with Gasteiger partial charge in [-0.3, -0.25) is 9.13 Å². The van der Waals surface area contributed by atoms with E-state index in [2.05, 4.69) is 20.6 Å². The van der Waals surface area contributed by atoms with Crippen molar-refractivity contribution in [3.63, 3.8) is 0 Å². The Bertz CT molecular complexity index is 1460. The molecule has 1 aliphatic carbocycles. The molecule has 0 aliphatic heterocycles. The van der Waals surface area contributed by atoms with Crippen molar-refractivity contribution >= 4 is 0 Å². The molecule has 7 nitrogen and oxygen atoms in total. The van der Waals surface area contributed by atoms with E-state index in [1.807, 2.05) is 62.4 Å². The van der Waals surface area contributed by atoms with Crippen LogP contribution in [0.4, 0.5) is 13.2 Å². The monoisotopic (exact) mass is 552 g/mol. The molecule has 2 aromatic heterocycles. The van der Waals surface area contributed by atoms with Crippen molar-refractivity contribution in [1.29, 1.82) is 0 Å². The average Bonchev–Trinajstić information content (AvgIpc) is 3.56. The minimum Gasteiger partial charge on any atom is -0.291 e. The van der Waals surface area contributed by atoms with E-state index in [1.165, 1.54) is 4.57 Å². The molecular weight excluding hydrogens is 517 g/mol. The molecule has 2 heterocycles. The van der Waals surface area contributed by atoms with Crippen molar-refractivity contribution in [2.24, 2.45) is 11.8 Å². The lowest BCUT2D eigenvalue weighted by Crippen LogP contribution is -2.30. The Kier molecular flexibility index (Phi) is 8.23. The zero-order valence-corrected chi connectivity index (χ0v) is 22.9. The molecule has 0 saturated heterocycles. The maximum absolute atomic E-state index is 14.5. The van der Waals surface area contributed by atoms with Gasteiger partial charge in [0.15, 0.2) is 0 Å². The molecule has 1 fully saturated rings. The highest BCUT2D eigenvalue weighted by Crippen LogP contribution is 2.35. The fourth-order valence-corrected chi connectivity index (χ4v) is 5.77. The summed E-state index contributed by atoms with van der Waals surface area (Å²) in [6, 6.07) is 15.2. The molecule has 0 atom stereocenters. The number of nitrogens with zero attached hydrogens (tertiary/aromatic N) is 5. The maximum Gasteiger partial charge on any atom is 0.433 e. The summed E-state index contributed by atoms with van der Waals surface area (Å²) in [5.41, 5.74) is 2.14. The van der Waals surface area contributed by atoms with Gasteiger partial charge in [0.2, 0.25) is 5.82 Å². The number of aromatic amines is 1. The normalized spacial score (nSPS) is 14.8. The second-order valence-electron chi connectivity index (χ2n) is 11.2. The molecule has 4 aromatic rings. The fraction of sp³-hybridized carbons (Fsp3) is 0.467. The Morgan fingerprint density at radius 2 is 1.68 bits per heavy atom. The number of hydrogen-bond acceptors (Lipinski definition) is 4. The first kappa shape index (κ1) is 27.9. The van der Waals surface area contributed by atoms with E-state index in [0.717, 1.165) is 58.9 Å². The molecule has 0 radical (unpaired) electrons. The number of halogens is 3. The number of aromatic nitrogens is 6. The molecule has 5 rings (SSSR count). The number of tetrazole rings is 1. The largest absolute Gasteiger partial charge is 0.433 e. The topological polar surface area (TPSA) is 81.4 Å². The molecule has 1 saturated carbocycles. The second-order valence-corrected chi connectivity index (χ2v) is 11.2. The number of rotatable bonds is 9. The van der Waals surface area contributed by atoms with Gasteiger partial charge in [-0.2, -0.15) is 18.4 Å². The van der Waals surface area contributed by atoms with Gasteiger partial charge in [0.05, 0.1) is 12.2 Å². The van der Waals surface area contributed by atoms with E-state index < -0.39 is 17.6 Å². The third-order valence-electron chi connectivity index (χ3n) is 7.84. The van der Waals surface area contributed by atoms with Crippen molar-refractivity contribution in [3.05, 3.63) is 76.0 Å². The van der Waals surface area contributed by atoms with E-state index in [1.54, 1.807) is 0 Å². The highest BCUT2D eigenvalue weighted by atomic mass is 19.4. The molecule has 0 spiro atoms. The van der Waals surface area contributed by atoms with Crippen molar-refractivity contribution < 1.29 is 13.2 Å². The summed E-state index contributed by atoms with van der Waals surface area (Å²) in [6.07, 6.45) is 1.01. The number of alkyl halides is 3. The lowest BCUT2D eigenvalue weighted by Gasteiger charge is -2.23. The number of hydrogen-bond donors (Lipinski definition) is 1. The molecule has 40 heavy (non-hydrogen) atoms. The quantitative estimate of drug-likeness (QED) is 0.250. The summed E-state index contributed by atoms with van der Waals surface area (Å²) >= 11 is 0. The van der Waals surface area contributed by atoms with Crippen LogP contribution in [0.15, 0.2) is 53.3 Å². The summed E-state index contributed by atoms with van der Waals surface area (Å²) in [4.78, 5) is 13.6. The van der Waals surface area contributed by atoms with Gasteiger partial charge in [-0.05, 0) is 59.4 Å². The number of imidazole rings is 1. The van der Waals surface area contributed by atoms with Crippen molar-refractivity contribution in [1.82, 2.24) is 29.8 Å². The smallest absolute Gasteiger partial charge is 0.291 e. The minimum absolute atomic E-state index is 0.0831. The van der Waals surface area contributed by atoms with Crippen LogP contribution in [0.1, 0.15) is 69.3 Å². The second kappa shape index (κ2) is 11.8. The van der Waals surface area contributed by atoms with Crippen LogP contribution in [0, 0.1) is 11.8 Å². The van der Waals surface area contributed by atoms with Crippen molar-refractivity contribution in [2.45, 2.75) is 78.1 Å². The zero-order valence-electron chi connectivity index (χ0n) is 22.9. The molecular formula is C30H35F3N6O. The highest BCUT2D eigenvalue weighted by molar-refractivity contribution is 5.80. The summed E-state index contributed by atoms with van der Waals surface area (Å²) < 4.78 is 46.0. The van der Waals surface area contributed by atoms with Gasteiger partial charge in [-0.15, -0.1) is 10.2 Å². The molecule has 1 aliphatic rings. The highest BCUT2D eigenvalue weighted by Gasteiger charge is 2.41. The van der Waals surface area contributed by atoms with Crippen LogP contribution in [-0.4, -0.2) is 29.8 Å². The first-order valence-electron chi connectivity index (χ1n) is 14.0. The first-order chi connectivity index (χ1) is 19.2. The van der Waals surface area contributed by atoms with Gasteiger partial charge in [-0.25, -0.2) is 4.79 Å². The van der Waals surface area contributed by atoms with Gasteiger partial charge in [0.1, 0.15) is 5.69 Å².